The molecule has 6 aliphatic carbocycles. The van der Waals surface area contributed by atoms with Crippen LogP contribution in [0.1, 0.15) is 75.2 Å². The Morgan fingerprint density at radius 3 is 2.00 bits per heavy atom. The van der Waals surface area contributed by atoms with Gasteiger partial charge in [0.15, 0.2) is 0 Å². The van der Waals surface area contributed by atoms with Crippen molar-refractivity contribution in [2.45, 2.75) is 75.2 Å². The average Bonchev–Trinajstić information content (AvgIpc) is 3.15. The molecule has 0 heterocycles. The van der Waals surface area contributed by atoms with Crippen LogP contribution < -0.4 is 0 Å². The van der Waals surface area contributed by atoms with Gasteiger partial charge in [0, 0.05) is 0 Å². The van der Waals surface area contributed by atoms with E-state index in [9.17, 15) is 0 Å². The van der Waals surface area contributed by atoms with Gasteiger partial charge in [-0.15, -0.1) is 0 Å². The lowest BCUT2D eigenvalue weighted by Gasteiger charge is -2.58. The Balaban J connectivity index is 1.73. The summed E-state index contributed by atoms with van der Waals surface area (Å²) in [7, 11) is 0. The van der Waals surface area contributed by atoms with Crippen LogP contribution in [0.25, 0.3) is 0 Å². The molecule has 0 nitrogen and oxygen atoms in total. The Morgan fingerprint density at radius 1 is 0.808 bits per heavy atom. The third-order valence-electron chi connectivity index (χ3n) is 12.5. The molecule has 14 unspecified atom stereocenters. The number of hydrogen-bond acceptors (Lipinski definition) is 0. The van der Waals surface area contributed by atoms with E-state index in [1.54, 1.807) is 6.42 Å². The highest BCUT2D eigenvalue weighted by Crippen LogP contribution is 2.93. The molecular formula is C26H44. The highest BCUT2D eigenvalue weighted by Gasteiger charge is 2.88. The van der Waals surface area contributed by atoms with E-state index in [2.05, 4.69) is 62.3 Å². The van der Waals surface area contributed by atoms with Crippen LogP contribution >= 0.6 is 0 Å². The molecule has 0 amide bonds. The molecule has 6 aliphatic rings. The molecule has 0 aliphatic heterocycles. The molecule has 6 rings (SSSR count). The highest BCUT2D eigenvalue weighted by atomic mass is 14.9. The number of hydrogen-bond donors (Lipinski definition) is 0. The van der Waals surface area contributed by atoms with Gasteiger partial charge in [0.1, 0.15) is 0 Å². The molecular weight excluding hydrogens is 312 g/mol. The maximum atomic E-state index is 2.85. The molecule has 0 saturated heterocycles. The van der Waals surface area contributed by atoms with Crippen molar-refractivity contribution in [3.8, 4) is 0 Å². The van der Waals surface area contributed by atoms with E-state index < -0.39 is 0 Å². The van der Waals surface area contributed by atoms with Crippen LogP contribution in [0.15, 0.2) is 0 Å². The smallest absolute Gasteiger partial charge is 0.0168 e. The SMILES string of the molecule is CCC1C2C(C)C(C)C(C)C3C(C(C)C(C)C)C4C5CC4(C1C5C)C23C. The van der Waals surface area contributed by atoms with Gasteiger partial charge in [-0.25, -0.2) is 0 Å². The molecule has 6 saturated carbocycles. The van der Waals surface area contributed by atoms with Crippen LogP contribution in [0.3, 0.4) is 0 Å². The summed E-state index contributed by atoms with van der Waals surface area (Å²) in [6, 6.07) is 0. The van der Waals surface area contributed by atoms with E-state index in [0.717, 1.165) is 82.3 Å². The zero-order chi connectivity index (χ0) is 18.9. The lowest BCUT2D eigenvalue weighted by atomic mass is 9.46. The monoisotopic (exact) mass is 356 g/mol. The lowest BCUT2D eigenvalue weighted by molar-refractivity contribution is -0.113. The van der Waals surface area contributed by atoms with Crippen LogP contribution in [0.4, 0.5) is 0 Å². The lowest BCUT2D eigenvalue weighted by Crippen LogP contribution is -2.54. The summed E-state index contributed by atoms with van der Waals surface area (Å²) in [5.74, 6) is 12.8. The van der Waals surface area contributed by atoms with Crippen molar-refractivity contribution in [3.63, 3.8) is 0 Å². The van der Waals surface area contributed by atoms with Crippen molar-refractivity contribution in [1.82, 2.24) is 0 Å². The van der Waals surface area contributed by atoms with Crippen molar-refractivity contribution in [1.29, 1.82) is 0 Å². The van der Waals surface area contributed by atoms with Crippen LogP contribution in [0.5, 0.6) is 0 Å². The van der Waals surface area contributed by atoms with Gasteiger partial charge >= 0.3 is 0 Å². The fraction of sp³-hybridized carbons (Fsp3) is 1.00. The molecule has 6 fully saturated rings. The summed E-state index contributed by atoms with van der Waals surface area (Å²) in [5, 5.41) is 0. The Hall–Kier alpha value is 0. The Bertz CT molecular complexity index is 605. The van der Waals surface area contributed by atoms with Gasteiger partial charge in [-0.05, 0) is 94.2 Å². The summed E-state index contributed by atoms with van der Waals surface area (Å²) in [6.07, 6.45) is 3.05. The largest absolute Gasteiger partial charge is 0.0651 e. The van der Waals surface area contributed by atoms with Gasteiger partial charge in [0.05, 0.1) is 0 Å². The predicted octanol–water partition coefficient (Wildman–Crippen LogP) is 7.00. The normalized spacial score (nSPS) is 66.0. The first kappa shape index (κ1) is 18.1. The minimum absolute atomic E-state index is 0.642. The quantitative estimate of drug-likeness (QED) is 0.511. The van der Waals surface area contributed by atoms with Crippen molar-refractivity contribution in [3.05, 3.63) is 0 Å². The molecule has 26 heavy (non-hydrogen) atoms. The van der Waals surface area contributed by atoms with Crippen molar-refractivity contribution >= 4 is 0 Å². The Labute approximate surface area is 163 Å². The van der Waals surface area contributed by atoms with Gasteiger partial charge in [-0.2, -0.15) is 0 Å². The average molecular weight is 357 g/mol. The van der Waals surface area contributed by atoms with Gasteiger partial charge in [-0.3, -0.25) is 0 Å². The summed E-state index contributed by atoms with van der Waals surface area (Å²) >= 11 is 0. The molecule has 14 atom stereocenters. The second-order valence-electron chi connectivity index (χ2n) is 12.5. The van der Waals surface area contributed by atoms with Crippen molar-refractivity contribution < 1.29 is 0 Å². The molecule has 2 bridgehead atoms. The zero-order valence-electron chi connectivity index (χ0n) is 18.9. The zero-order valence-corrected chi connectivity index (χ0v) is 18.9. The van der Waals surface area contributed by atoms with Crippen LogP contribution in [-0.2, 0) is 0 Å². The van der Waals surface area contributed by atoms with Gasteiger partial charge in [0.25, 0.3) is 0 Å². The minimum Gasteiger partial charge on any atom is -0.0651 e. The molecule has 0 N–H and O–H groups in total. The predicted molar refractivity (Wildman–Crippen MR) is 111 cm³/mol. The molecule has 0 heteroatoms. The van der Waals surface area contributed by atoms with Gasteiger partial charge in [-0.1, -0.05) is 68.7 Å². The first-order valence-corrected chi connectivity index (χ1v) is 12.2. The van der Waals surface area contributed by atoms with Crippen molar-refractivity contribution in [2.75, 3.05) is 0 Å². The second kappa shape index (κ2) is 5.13. The maximum Gasteiger partial charge on any atom is -0.0168 e. The fourth-order valence-corrected chi connectivity index (χ4v) is 11.5. The Kier molecular flexibility index (Phi) is 3.56. The van der Waals surface area contributed by atoms with E-state index >= 15 is 0 Å². The van der Waals surface area contributed by atoms with E-state index in [1.165, 1.54) is 6.42 Å². The van der Waals surface area contributed by atoms with Gasteiger partial charge < -0.3 is 0 Å². The van der Waals surface area contributed by atoms with E-state index in [4.69, 9.17) is 0 Å². The first-order valence-electron chi connectivity index (χ1n) is 12.2. The first-order chi connectivity index (χ1) is 12.2. The summed E-state index contributed by atoms with van der Waals surface area (Å²) in [5.41, 5.74) is 1.38. The van der Waals surface area contributed by atoms with Crippen LogP contribution in [0, 0.1) is 87.8 Å². The van der Waals surface area contributed by atoms with E-state index in [-0.39, 0.29) is 0 Å². The minimum atomic E-state index is 0.642. The standard InChI is InChI=1S/C26H44/c1-10-18-21-15(6)14(5)16(7)23-20(13(4)12(2)3)24-19-11-26(24,25(21,23)9)22(18)17(19)8/h12-24H,10-11H2,1-9H3. The molecule has 1 spiro atoms. The number of rotatable bonds is 3. The van der Waals surface area contributed by atoms with Crippen molar-refractivity contribution in [2.24, 2.45) is 87.8 Å². The summed E-state index contributed by atoms with van der Waals surface area (Å²) < 4.78 is 0. The Morgan fingerprint density at radius 2 is 1.42 bits per heavy atom. The van der Waals surface area contributed by atoms with E-state index in [0.29, 0.717) is 5.41 Å². The maximum absolute atomic E-state index is 2.85. The summed E-state index contributed by atoms with van der Waals surface area (Å²) in [6.45, 7) is 23.6. The molecule has 0 aromatic carbocycles. The third kappa shape index (κ3) is 1.50. The van der Waals surface area contributed by atoms with Gasteiger partial charge in [0.2, 0.25) is 0 Å². The molecule has 0 radical (unpaired) electrons. The van der Waals surface area contributed by atoms with Crippen LogP contribution in [-0.4, -0.2) is 0 Å². The topological polar surface area (TPSA) is 0 Å². The van der Waals surface area contributed by atoms with E-state index in [1.807, 2.05) is 0 Å². The third-order valence-corrected chi connectivity index (χ3v) is 12.5. The molecule has 148 valence electrons. The highest BCUT2D eigenvalue weighted by molar-refractivity contribution is 5.35. The molecule has 0 aromatic rings. The van der Waals surface area contributed by atoms with Crippen LogP contribution in [0.2, 0.25) is 0 Å². The summed E-state index contributed by atoms with van der Waals surface area (Å²) in [4.78, 5) is 0. The second-order valence-corrected chi connectivity index (χ2v) is 12.5. The fourth-order valence-electron chi connectivity index (χ4n) is 11.5. The molecule has 0 aromatic heterocycles.